The van der Waals surface area contributed by atoms with Crippen LogP contribution in [-0.2, 0) is 4.79 Å². The minimum Gasteiger partial charge on any atom is -0.352 e. The zero-order chi connectivity index (χ0) is 16.1. The topological polar surface area (TPSA) is 110 Å². The van der Waals surface area contributed by atoms with Gasteiger partial charge in [-0.3, -0.25) is 4.79 Å². The number of carbonyl (C=O) groups is 2. The van der Waals surface area contributed by atoms with Gasteiger partial charge in [-0.2, -0.15) is 0 Å². The van der Waals surface area contributed by atoms with Crippen LogP contribution in [0.25, 0.3) is 0 Å². The second kappa shape index (κ2) is 6.99. The summed E-state index contributed by atoms with van der Waals surface area (Å²) in [6, 6.07) is 6.35. The maximum atomic E-state index is 12.1. The number of aryl methyl sites for hydroxylation is 2. The van der Waals surface area contributed by atoms with E-state index in [9.17, 15) is 9.59 Å². The van der Waals surface area contributed by atoms with Crippen molar-refractivity contribution in [3.05, 3.63) is 40.4 Å². The number of nitrogens with one attached hydrogen (secondary N) is 2. The van der Waals surface area contributed by atoms with Crippen molar-refractivity contribution in [2.45, 2.75) is 26.3 Å². The van der Waals surface area contributed by atoms with E-state index >= 15 is 0 Å². The lowest BCUT2D eigenvalue weighted by atomic mass is 9.98. The number of hydrogen-bond donors (Lipinski definition) is 3. The Balaban J connectivity index is 2.11. The second-order valence-electron chi connectivity index (χ2n) is 4.80. The first kappa shape index (κ1) is 15.9. The average Bonchev–Trinajstić information content (AvgIpc) is 2.83. The summed E-state index contributed by atoms with van der Waals surface area (Å²) < 4.78 is 0. The summed E-state index contributed by atoms with van der Waals surface area (Å²) in [5.74, 6) is -0.266. The van der Waals surface area contributed by atoms with Gasteiger partial charge in [-0.15, -0.1) is 10.2 Å². The van der Waals surface area contributed by atoms with Crippen molar-refractivity contribution in [3.63, 3.8) is 0 Å². The van der Waals surface area contributed by atoms with Crippen LogP contribution < -0.4 is 16.4 Å². The van der Waals surface area contributed by atoms with Gasteiger partial charge in [-0.05, 0) is 25.0 Å². The third-order valence-corrected chi connectivity index (χ3v) is 3.80. The van der Waals surface area contributed by atoms with Crippen LogP contribution in [0.3, 0.4) is 0 Å². The second-order valence-corrected chi connectivity index (χ2v) is 5.98. The van der Waals surface area contributed by atoms with E-state index in [1.54, 1.807) is 6.92 Å². The summed E-state index contributed by atoms with van der Waals surface area (Å²) in [5.41, 5.74) is 7.04. The van der Waals surface area contributed by atoms with E-state index in [2.05, 4.69) is 20.8 Å². The summed E-state index contributed by atoms with van der Waals surface area (Å²) in [5, 5.41) is 14.1. The SMILES string of the molecule is Cc1nnc(NC(=O)C[C@@H](NC(N)=O)c2ccccc2C)s1. The highest BCUT2D eigenvalue weighted by Gasteiger charge is 2.19. The van der Waals surface area contributed by atoms with Crippen molar-refractivity contribution < 1.29 is 9.59 Å². The van der Waals surface area contributed by atoms with Crippen molar-refractivity contribution in [1.82, 2.24) is 15.5 Å². The van der Waals surface area contributed by atoms with Crippen LogP contribution in [0.15, 0.2) is 24.3 Å². The molecular weight excluding hydrogens is 302 g/mol. The van der Waals surface area contributed by atoms with Gasteiger partial charge in [0.2, 0.25) is 11.0 Å². The quantitative estimate of drug-likeness (QED) is 0.781. The Morgan fingerprint density at radius 3 is 2.59 bits per heavy atom. The summed E-state index contributed by atoms with van der Waals surface area (Å²) in [7, 11) is 0. The van der Waals surface area contributed by atoms with Crippen molar-refractivity contribution in [2.75, 3.05) is 5.32 Å². The van der Waals surface area contributed by atoms with Gasteiger partial charge in [-0.1, -0.05) is 35.6 Å². The standard InChI is InChI=1S/C14H17N5O2S/c1-8-5-3-4-6-10(8)11(16-13(15)21)7-12(20)17-14-19-18-9(2)22-14/h3-6,11H,7H2,1-2H3,(H3,15,16,21)(H,17,19,20)/t11-/m1/s1. The van der Waals surface area contributed by atoms with E-state index in [0.29, 0.717) is 5.13 Å². The van der Waals surface area contributed by atoms with Crippen LogP contribution >= 0.6 is 11.3 Å². The number of hydrogen-bond acceptors (Lipinski definition) is 5. The zero-order valence-corrected chi connectivity index (χ0v) is 13.1. The maximum absolute atomic E-state index is 12.1. The molecular formula is C14H17N5O2S. The molecule has 0 bridgehead atoms. The highest BCUT2D eigenvalue weighted by atomic mass is 32.1. The first-order chi connectivity index (χ1) is 10.5. The molecule has 0 unspecified atom stereocenters. The van der Waals surface area contributed by atoms with E-state index in [-0.39, 0.29) is 12.3 Å². The number of rotatable bonds is 5. The minimum atomic E-state index is -0.673. The van der Waals surface area contributed by atoms with Gasteiger partial charge < -0.3 is 16.4 Å². The van der Waals surface area contributed by atoms with Gasteiger partial charge in [0.05, 0.1) is 12.5 Å². The van der Waals surface area contributed by atoms with Crippen molar-refractivity contribution in [3.8, 4) is 0 Å². The van der Waals surface area contributed by atoms with E-state index < -0.39 is 12.1 Å². The highest BCUT2D eigenvalue weighted by Crippen LogP contribution is 2.22. The molecule has 0 fully saturated rings. The van der Waals surface area contributed by atoms with E-state index in [1.807, 2.05) is 31.2 Å². The number of anilines is 1. The maximum Gasteiger partial charge on any atom is 0.312 e. The van der Waals surface area contributed by atoms with Gasteiger partial charge in [0.1, 0.15) is 5.01 Å². The Hall–Kier alpha value is -2.48. The molecule has 22 heavy (non-hydrogen) atoms. The van der Waals surface area contributed by atoms with Gasteiger partial charge in [0.15, 0.2) is 0 Å². The first-order valence-corrected chi connectivity index (χ1v) is 7.49. The molecule has 1 aromatic carbocycles. The third kappa shape index (κ3) is 4.26. The summed E-state index contributed by atoms with van der Waals surface area (Å²) in [6.45, 7) is 3.72. The average molecular weight is 319 g/mol. The monoisotopic (exact) mass is 319 g/mol. The largest absolute Gasteiger partial charge is 0.352 e. The first-order valence-electron chi connectivity index (χ1n) is 6.67. The lowest BCUT2D eigenvalue weighted by Gasteiger charge is -2.19. The molecule has 4 N–H and O–H groups in total. The summed E-state index contributed by atoms with van der Waals surface area (Å²) in [6.07, 6.45) is 0.0619. The van der Waals surface area contributed by atoms with Gasteiger partial charge in [-0.25, -0.2) is 4.79 Å². The number of urea groups is 1. The third-order valence-electron chi connectivity index (χ3n) is 3.04. The van der Waals surface area contributed by atoms with Crippen LogP contribution in [0, 0.1) is 13.8 Å². The molecule has 0 saturated heterocycles. The highest BCUT2D eigenvalue weighted by molar-refractivity contribution is 7.15. The fourth-order valence-corrected chi connectivity index (χ4v) is 2.70. The Kier molecular flexibility index (Phi) is 5.05. The van der Waals surface area contributed by atoms with Crippen LogP contribution in [0.2, 0.25) is 0 Å². The summed E-state index contributed by atoms with van der Waals surface area (Å²) in [4.78, 5) is 23.3. The predicted molar refractivity (Wildman–Crippen MR) is 84.5 cm³/mol. The number of nitrogens with two attached hydrogens (primary N) is 1. The zero-order valence-electron chi connectivity index (χ0n) is 12.3. The van der Waals surface area contributed by atoms with Gasteiger partial charge in [0, 0.05) is 0 Å². The predicted octanol–water partition coefficient (Wildman–Crippen LogP) is 1.89. The lowest BCUT2D eigenvalue weighted by molar-refractivity contribution is -0.116. The number of nitrogens with zero attached hydrogens (tertiary/aromatic N) is 2. The van der Waals surface area contributed by atoms with E-state index in [4.69, 9.17) is 5.73 Å². The van der Waals surface area contributed by atoms with Gasteiger partial charge in [0.25, 0.3) is 0 Å². The van der Waals surface area contributed by atoms with Crippen LogP contribution in [-0.4, -0.2) is 22.1 Å². The number of amides is 3. The molecule has 3 amide bonds. The fraction of sp³-hybridized carbons (Fsp3) is 0.286. The van der Waals surface area contributed by atoms with Crippen LogP contribution in [0.4, 0.5) is 9.93 Å². The molecule has 0 spiro atoms. The van der Waals surface area contributed by atoms with E-state index in [1.165, 1.54) is 11.3 Å². The molecule has 0 aliphatic heterocycles. The van der Waals surface area contributed by atoms with Crippen LogP contribution in [0.5, 0.6) is 0 Å². The van der Waals surface area contributed by atoms with Crippen molar-refractivity contribution >= 4 is 28.4 Å². The number of aromatic nitrogens is 2. The smallest absolute Gasteiger partial charge is 0.312 e. The molecule has 0 radical (unpaired) electrons. The lowest BCUT2D eigenvalue weighted by Crippen LogP contribution is -2.35. The Morgan fingerprint density at radius 1 is 1.27 bits per heavy atom. The van der Waals surface area contributed by atoms with E-state index in [0.717, 1.165) is 16.1 Å². The molecule has 8 heteroatoms. The Bertz CT molecular complexity index is 685. The van der Waals surface area contributed by atoms with Crippen LogP contribution in [0.1, 0.15) is 28.6 Å². The molecule has 1 aromatic heterocycles. The Labute approximate surface area is 131 Å². The molecule has 1 atom stereocenters. The molecule has 2 aromatic rings. The van der Waals surface area contributed by atoms with Crippen molar-refractivity contribution in [1.29, 1.82) is 0 Å². The van der Waals surface area contributed by atoms with Gasteiger partial charge >= 0.3 is 6.03 Å². The fourth-order valence-electron chi connectivity index (χ4n) is 2.09. The normalized spacial score (nSPS) is 11.7. The van der Waals surface area contributed by atoms with Crippen molar-refractivity contribution in [2.24, 2.45) is 5.73 Å². The molecule has 0 aliphatic rings. The molecule has 116 valence electrons. The molecule has 2 rings (SSSR count). The number of carbonyl (C=O) groups excluding carboxylic acids is 2. The molecule has 7 nitrogen and oxygen atoms in total. The molecule has 0 saturated carbocycles. The number of benzene rings is 1. The minimum absolute atomic E-state index is 0.0619. The molecule has 0 aliphatic carbocycles. The Morgan fingerprint density at radius 2 is 2.00 bits per heavy atom. The molecule has 1 heterocycles. The number of primary amides is 1. The summed E-state index contributed by atoms with van der Waals surface area (Å²) >= 11 is 1.29.